The van der Waals surface area contributed by atoms with Crippen molar-refractivity contribution in [3.05, 3.63) is 60.2 Å². The molecule has 1 aliphatic heterocycles. The average molecular weight is 408 g/mol. The number of nitrogens with one attached hydrogen (secondary N) is 1. The number of carbonyl (C=O) groups is 2. The molecule has 1 heterocycles. The van der Waals surface area contributed by atoms with E-state index in [0.29, 0.717) is 25.8 Å². The fourth-order valence-corrected chi connectivity index (χ4v) is 3.81. The number of rotatable bonds is 8. The summed E-state index contributed by atoms with van der Waals surface area (Å²) in [5.74, 6) is 1.48. The number of amides is 2. The van der Waals surface area contributed by atoms with Gasteiger partial charge in [-0.3, -0.25) is 9.59 Å². The molecule has 0 radical (unpaired) electrons. The largest absolute Gasteiger partial charge is 0.497 e. The summed E-state index contributed by atoms with van der Waals surface area (Å²) in [5.41, 5.74) is 1.07. The van der Waals surface area contributed by atoms with E-state index in [0.717, 1.165) is 29.9 Å². The molecule has 2 aliphatic rings. The molecule has 1 saturated carbocycles. The number of nitrogens with zero attached hydrogens (tertiary/aromatic N) is 1. The molecule has 2 amide bonds. The Morgan fingerprint density at radius 3 is 2.43 bits per heavy atom. The van der Waals surface area contributed by atoms with E-state index >= 15 is 0 Å². The van der Waals surface area contributed by atoms with E-state index in [1.54, 1.807) is 12.0 Å². The molecule has 6 heteroatoms. The van der Waals surface area contributed by atoms with E-state index in [-0.39, 0.29) is 24.0 Å². The van der Waals surface area contributed by atoms with Crippen LogP contribution in [0.5, 0.6) is 11.5 Å². The van der Waals surface area contributed by atoms with Crippen LogP contribution in [0.15, 0.2) is 54.6 Å². The Morgan fingerprint density at radius 2 is 1.77 bits per heavy atom. The Kier molecular flexibility index (Phi) is 6.21. The highest BCUT2D eigenvalue weighted by Gasteiger charge is 2.41. The molecule has 2 aromatic rings. The van der Waals surface area contributed by atoms with Crippen molar-refractivity contribution in [3.8, 4) is 11.5 Å². The third kappa shape index (κ3) is 5.12. The molecule has 158 valence electrons. The zero-order valence-electron chi connectivity index (χ0n) is 17.3. The number of ether oxygens (including phenoxy) is 2. The van der Waals surface area contributed by atoms with Crippen molar-refractivity contribution in [3.63, 3.8) is 0 Å². The third-order valence-electron chi connectivity index (χ3n) is 5.64. The summed E-state index contributed by atoms with van der Waals surface area (Å²) < 4.78 is 11.2. The van der Waals surface area contributed by atoms with Gasteiger partial charge in [-0.1, -0.05) is 30.3 Å². The van der Waals surface area contributed by atoms with Crippen LogP contribution in [0, 0.1) is 0 Å². The number of carbonyl (C=O) groups excluding carboxylic acids is 2. The number of aryl methyl sites for hydroxylation is 1. The van der Waals surface area contributed by atoms with Gasteiger partial charge in [-0.05, 0) is 49.1 Å². The number of para-hydroxylation sites is 1. The molecule has 2 unspecified atom stereocenters. The van der Waals surface area contributed by atoms with Gasteiger partial charge < -0.3 is 19.7 Å². The fourth-order valence-electron chi connectivity index (χ4n) is 3.81. The van der Waals surface area contributed by atoms with E-state index < -0.39 is 6.04 Å². The first-order valence-corrected chi connectivity index (χ1v) is 10.6. The molecule has 0 spiro atoms. The van der Waals surface area contributed by atoms with Crippen LogP contribution >= 0.6 is 0 Å². The van der Waals surface area contributed by atoms with Gasteiger partial charge in [0.15, 0.2) is 0 Å². The van der Waals surface area contributed by atoms with Gasteiger partial charge in [0.2, 0.25) is 11.8 Å². The molecular formula is C24H28N2O4. The first-order valence-electron chi connectivity index (χ1n) is 10.6. The zero-order chi connectivity index (χ0) is 20.9. The normalized spacial score (nSPS) is 20.6. The summed E-state index contributed by atoms with van der Waals surface area (Å²) in [4.78, 5) is 27.5. The summed E-state index contributed by atoms with van der Waals surface area (Å²) in [6, 6.07) is 17.1. The number of hydrogen-bond donors (Lipinski definition) is 1. The lowest BCUT2D eigenvalue weighted by Crippen LogP contribution is -2.46. The summed E-state index contributed by atoms with van der Waals surface area (Å²) in [5, 5.41) is 3.05. The summed E-state index contributed by atoms with van der Waals surface area (Å²) >= 11 is 0. The molecule has 6 nitrogen and oxygen atoms in total. The molecular weight excluding hydrogens is 380 g/mol. The first-order chi connectivity index (χ1) is 14.6. The minimum atomic E-state index is -0.470. The zero-order valence-corrected chi connectivity index (χ0v) is 17.3. The smallest absolute Gasteiger partial charge is 0.243 e. The Hall–Kier alpha value is -3.02. The fraction of sp³-hybridized carbons (Fsp3) is 0.417. The van der Waals surface area contributed by atoms with E-state index in [1.807, 2.05) is 54.6 Å². The topological polar surface area (TPSA) is 67.9 Å². The quantitative estimate of drug-likeness (QED) is 0.729. The van der Waals surface area contributed by atoms with Crippen LogP contribution in [0.2, 0.25) is 0 Å². The monoisotopic (exact) mass is 408 g/mol. The summed E-state index contributed by atoms with van der Waals surface area (Å²) in [7, 11) is 1.63. The molecule has 1 aliphatic carbocycles. The van der Waals surface area contributed by atoms with Crippen molar-refractivity contribution in [2.75, 3.05) is 13.7 Å². The minimum Gasteiger partial charge on any atom is -0.497 e. The Labute approximate surface area is 177 Å². The van der Waals surface area contributed by atoms with Gasteiger partial charge in [0.1, 0.15) is 23.6 Å². The number of benzene rings is 2. The van der Waals surface area contributed by atoms with E-state index in [4.69, 9.17) is 9.47 Å². The highest BCUT2D eigenvalue weighted by atomic mass is 16.5. The molecule has 2 atom stereocenters. The predicted molar refractivity (Wildman–Crippen MR) is 113 cm³/mol. The van der Waals surface area contributed by atoms with Crippen LogP contribution in [-0.4, -0.2) is 48.6 Å². The van der Waals surface area contributed by atoms with Gasteiger partial charge >= 0.3 is 0 Å². The van der Waals surface area contributed by atoms with Gasteiger partial charge in [-0.15, -0.1) is 0 Å². The third-order valence-corrected chi connectivity index (χ3v) is 5.64. The van der Waals surface area contributed by atoms with E-state index in [9.17, 15) is 9.59 Å². The van der Waals surface area contributed by atoms with Crippen molar-refractivity contribution in [1.29, 1.82) is 0 Å². The number of methoxy groups -OCH3 is 1. The van der Waals surface area contributed by atoms with Crippen LogP contribution < -0.4 is 14.8 Å². The maximum atomic E-state index is 13.0. The van der Waals surface area contributed by atoms with E-state index in [2.05, 4.69) is 5.32 Å². The lowest BCUT2D eigenvalue weighted by Gasteiger charge is -2.23. The SMILES string of the molecule is COc1ccc(CCC(=O)N2CC(Oc3ccccc3)CC2C(=O)NC2CC2)cc1. The summed E-state index contributed by atoms with van der Waals surface area (Å²) in [6.45, 7) is 0.430. The molecule has 1 N–H and O–H groups in total. The minimum absolute atomic E-state index is 0.0130. The van der Waals surface area contributed by atoms with Gasteiger partial charge in [-0.25, -0.2) is 0 Å². The Balaban J connectivity index is 1.40. The van der Waals surface area contributed by atoms with Crippen LogP contribution in [0.1, 0.15) is 31.2 Å². The van der Waals surface area contributed by atoms with Crippen LogP contribution in [0.4, 0.5) is 0 Å². The molecule has 0 bridgehead atoms. The van der Waals surface area contributed by atoms with Crippen LogP contribution in [-0.2, 0) is 16.0 Å². The lowest BCUT2D eigenvalue weighted by molar-refractivity contribution is -0.138. The van der Waals surface area contributed by atoms with E-state index in [1.165, 1.54) is 0 Å². The van der Waals surface area contributed by atoms with Crippen molar-refractivity contribution < 1.29 is 19.1 Å². The standard InChI is InChI=1S/C24H28N2O4/c1-29-19-12-7-17(8-13-19)9-14-23(27)26-16-21(30-20-5-3-2-4-6-20)15-22(26)24(28)25-18-10-11-18/h2-8,12-13,18,21-22H,9-11,14-16H2,1H3,(H,25,28). The molecule has 2 aromatic carbocycles. The van der Waals surface area contributed by atoms with Gasteiger partial charge in [-0.2, -0.15) is 0 Å². The molecule has 0 aromatic heterocycles. The molecule has 2 fully saturated rings. The number of hydrogen-bond acceptors (Lipinski definition) is 4. The second kappa shape index (κ2) is 9.20. The maximum absolute atomic E-state index is 13.0. The maximum Gasteiger partial charge on any atom is 0.243 e. The van der Waals surface area contributed by atoms with Crippen molar-refractivity contribution in [2.24, 2.45) is 0 Å². The molecule has 30 heavy (non-hydrogen) atoms. The second-order valence-corrected chi connectivity index (χ2v) is 7.98. The predicted octanol–water partition coefficient (Wildman–Crippen LogP) is 2.95. The second-order valence-electron chi connectivity index (χ2n) is 7.98. The Morgan fingerprint density at radius 1 is 1.03 bits per heavy atom. The van der Waals surface area contributed by atoms with Gasteiger partial charge in [0.05, 0.1) is 13.7 Å². The summed E-state index contributed by atoms with van der Waals surface area (Å²) in [6.07, 6.45) is 3.36. The average Bonchev–Trinajstić information content (AvgIpc) is 3.49. The van der Waals surface area contributed by atoms with Crippen molar-refractivity contribution in [2.45, 2.75) is 50.3 Å². The van der Waals surface area contributed by atoms with Crippen molar-refractivity contribution in [1.82, 2.24) is 10.2 Å². The van der Waals surface area contributed by atoms with Crippen LogP contribution in [0.25, 0.3) is 0 Å². The van der Waals surface area contributed by atoms with Crippen LogP contribution in [0.3, 0.4) is 0 Å². The molecule has 4 rings (SSSR count). The lowest BCUT2D eigenvalue weighted by atomic mass is 10.1. The highest BCUT2D eigenvalue weighted by Crippen LogP contribution is 2.26. The van der Waals surface area contributed by atoms with Gasteiger partial charge in [0, 0.05) is 18.9 Å². The van der Waals surface area contributed by atoms with Crippen molar-refractivity contribution >= 4 is 11.8 Å². The van der Waals surface area contributed by atoms with Gasteiger partial charge in [0.25, 0.3) is 0 Å². The highest BCUT2D eigenvalue weighted by molar-refractivity contribution is 5.88. The Bertz CT molecular complexity index is 865. The number of likely N-dealkylation sites (tertiary alicyclic amines) is 1. The molecule has 1 saturated heterocycles. The first kappa shape index (κ1) is 20.3.